The third kappa shape index (κ3) is 5.78. The van der Waals surface area contributed by atoms with E-state index >= 15 is 0 Å². The molecular formula is C51H33N3. The lowest BCUT2D eigenvalue weighted by Gasteiger charge is -2.13. The van der Waals surface area contributed by atoms with Crippen molar-refractivity contribution in [1.29, 1.82) is 0 Å². The molecule has 0 N–H and O–H groups in total. The molecule has 54 heavy (non-hydrogen) atoms. The zero-order valence-electron chi connectivity index (χ0n) is 29.4. The van der Waals surface area contributed by atoms with Crippen molar-refractivity contribution in [1.82, 2.24) is 15.0 Å². The number of rotatable bonds is 6. The van der Waals surface area contributed by atoms with Crippen LogP contribution in [0.2, 0.25) is 0 Å². The van der Waals surface area contributed by atoms with E-state index in [4.69, 9.17) is 9.97 Å². The first-order chi connectivity index (χ1) is 26.7. The van der Waals surface area contributed by atoms with Gasteiger partial charge in [0.1, 0.15) is 0 Å². The van der Waals surface area contributed by atoms with Crippen molar-refractivity contribution >= 4 is 32.3 Å². The summed E-state index contributed by atoms with van der Waals surface area (Å²) in [6.45, 7) is 0. The molecule has 0 fully saturated rings. The van der Waals surface area contributed by atoms with Gasteiger partial charge in [0.25, 0.3) is 0 Å². The van der Waals surface area contributed by atoms with Gasteiger partial charge in [0.15, 0.2) is 5.82 Å². The Bertz CT molecular complexity index is 2950. The van der Waals surface area contributed by atoms with Crippen LogP contribution in [0, 0.1) is 0 Å². The zero-order chi connectivity index (χ0) is 35.8. The maximum absolute atomic E-state index is 5.19. The zero-order valence-corrected chi connectivity index (χ0v) is 29.4. The first-order valence-electron chi connectivity index (χ1n) is 18.2. The smallest absolute Gasteiger partial charge is 0.160 e. The molecule has 0 bridgehead atoms. The highest BCUT2D eigenvalue weighted by molar-refractivity contribution is 6.13. The lowest BCUT2D eigenvalue weighted by Crippen LogP contribution is -1.96. The summed E-state index contributed by atoms with van der Waals surface area (Å²) in [6.07, 6.45) is 3.69. The van der Waals surface area contributed by atoms with Gasteiger partial charge in [-0.25, -0.2) is 9.97 Å². The SMILES string of the molecule is c1cncc(-c2ccc(-c3cc(-c4ccc(-c5cccc6ccccc56)cc4)nc(-c4ccc(-c5cc6ccccc6c6ccccc56)cc4)n3)cc2)c1. The van der Waals surface area contributed by atoms with Crippen LogP contribution >= 0.6 is 0 Å². The summed E-state index contributed by atoms with van der Waals surface area (Å²) in [5, 5.41) is 7.48. The Morgan fingerprint density at radius 3 is 1.52 bits per heavy atom. The second-order valence-corrected chi connectivity index (χ2v) is 13.7. The van der Waals surface area contributed by atoms with Crippen LogP contribution in [0.3, 0.4) is 0 Å². The van der Waals surface area contributed by atoms with Gasteiger partial charge in [0.05, 0.1) is 11.4 Å². The first-order valence-corrected chi connectivity index (χ1v) is 18.2. The molecule has 252 valence electrons. The van der Waals surface area contributed by atoms with Crippen molar-refractivity contribution in [3.05, 3.63) is 200 Å². The Labute approximate surface area is 313 Å². The summed E-state index contributed by atoms with van der Waals surface area (Å²) in [5.41, 5.74) is 11.7. The normalized spacial score (nSPS) is 11.3. The molecule has 2 aromatic heterocycles. The summed E-state index contributed by atoms with van der Waals surface area (Å²) >= 11 is 0. The monoisotopic (exact) mass is 687 g/mol. The molecule has 0 amide bonds. The first kappa shape index (κ1) is 31.5. The molecule has 0 aliphatic heterocycles. The van der Waals surface area contributed by atoms with Crippen LogP contribution in [0.4, 0.5) is 0 Å². The Kier molecular flexibility index (Phi) is 7.81. The average molecular weight is 688 g/mol. The highest BCUT2D eigenvalue weighted by Crippen LogP contribution is 2.37. The number of hydrogen-bond acceptors (Lipinski definition) is 3. The number of pyridine rings is 1. The molecule has 0 spiro atoms. The quantitative estimate of drug-likeness (QED) is 0.163. The van der Waals surface area contributed by atoms with E-state index in [0.29, 0.717) is 5.82 Å². The molecule has 0 aliphatic rings. The van der Waals surface area contributed by atoms with E-state index in [0.717, 1.165) is 44.8 Å². The lowest BCUT2D eigenvalue weighted by molar-refractivity contribution is 1.18. The topological polar surface area (TPSA) is 38.7 Å². The summed E-state index contributed by atoms with van der Waals surface area (Å²) in [7, 11) is 0. The Morgan fingerprint density at radius 1 is 0.296 bits per heavy atom. The van der Waals surface area contributed by atoms with Crippen molar-refractivity contribution in [3.8, 4) is 67.3 Å². The van der Waals surface area contributed by atoms with Crippen LogP contribution in [0.25, 0.3) is 99.6 Å². The molecule has 0 unspecified atom stereocenters. The molecule has 0 radical (unpaired) electrons. The van der Waals surface area contributed by atoms with Gasteiger partial charge in [-0.2, -0.15) is 0 Å². The molecule has 2 heterocycles. The second kappa shape index (κ2) is 13.4. The van der Waals surface area contributed by atoms with Crippen LogP contribution in [0.15, 0.2) is 200 Å². The molecule has 0 aliphatic carbocycles. The molecule has 10 rings (SSSR count). The minimum atomic E-state index is 0.687. The van der Waals surface area contributed by atoms with Gasteiger partial charge in [0.2, 0.25) is 0 Å². The molecule has 3 heteroatoms. The Hall–Kier alpha value is -7.23. The van der Waals surface area contributed by atoms with Gasteiger partial charge in [-0.1, -0.05) is 170 Å². The average Bonchev–Trinajstić information content (AvgIpc) is 3.26. The third-order valence-electron chi connectivity index (χ3n) is 10.4. The number of nitrogens with zero attached hydrogens (tertiary/aromatic N) is 3. The van der Waals surface area contributed by atoms with Crippen molar-refractivity contribution in [2.75, 3.05) is 0 Å². The fraction of sp³-hybridized carbons (Fsp3) is 0. The van der Waals surface area contributed by atoms with E-state index in [-0.39, 0.29) is 0 Å². The van der Waals surface area contributed by atoms with Crippen LogP contribution in [0.5, 0.6) is 0 Å². The number of hydrogen-bond donors (Lipinski definition) is 0. The van der Waals surface area contributed by atoms with Crippen molar-refractivity contribution in [2.24, 2.45) is 0 Å². The predicted octanol–water partition coefficient (Wildman–Crippen LogP) is 13.3. The maximum Gasteiger partial charge on any atom is 0.160 e. The number of benzene rings is 8. The maximum atomic E-state index is 5.19. The van der Waals surface area contributed by atoms with Gasteiger partial charge >= 0.3 is 0 Å². The van der Waals surface area contributed by atoms with Gasteiger partial charge in [-0.05, 0) is 83.9 Å². The Balaban J connectivity index is 1.06. The van der Waals surface area contributed by atoms with Crippen LogP contribution in [-0.2, 0) is 0 Å². The van der Waals surface area contributed by atoms with Crippen molar-refractivity contribution in [3.63, 3.8) is 0 Å². The molecule has 0 saturated carbocycles. The largest absolute Gasteiger partial charge is 0.264 e. The van der Waals surface area contributed by atoms with E-state index in [1.54, 1.807) is 6.20 Å². The predicted molar refractivity (Wildman–Crippen MR) is 225 cm³/mol. The highest BCUT2D eigenvalue weighted by Gasteiger charge is 2.14. The minimum Gasteiger partial charge on any atom is -0.264 e. The molecule has 3 nitrogen and oxygen atoms in total. The van der Waals surface area contributed by atoms with Crippen molar-refractivity contribution < 1.29 is 0 Å². The van der Waals surface area contributed by atoms with Gasteiger partial charge in [-0.15, -0.1) is 0 Å². The Morgan fingerprint density at radius 2 is 0.833 bits per heavy atom. The third-order valence-corrected chi connectivity index (χ3v) is 10.4. The summed E-state index contributed by atoms with van der Waals surface area (Å²) in [5.74, 6) is 0.687. The second-order valence-electron chi connectivity index (χ2n) is 13.7. The van der Waals surface area contributed by atoms with Gasteiger partial charge in [-0.3, -0.25) is 4.98 Å². The minimum absolute atomic E-state index is 0.687. The molecule has 0 saturated heterocycles. The van der Waals surface area contributed by atoms with Gasteiger partial charge < -0.3 is 0 Å². The van der Waals surface area contributed by atoms with E-state index < -0.39 is 0 Å². The van der Waals surface area contributed by atoms with E-state index in [2.05, 4.69) is 187 Å². The number of aromatic nitrogens is 3. The lowest BCUT2D eigenvalue weighted by atomic mass is 9.93. The van der Waals surface area contributed by atoms with Crippen LogP contribution in [-0.4, -0.2) is 15.0 Å². The van der Waals surface area contributed by atoms with E-state index in [9.17, 15) is 0 Å². The summed E-state index contributed by atoms with van der Waals surface area (Å²) in [4.78, 5) is 14.7. The van der Waals surface area contributed by atoms with Crippen molar-refractivity contribution in [2.45, 2.75) is 0 Å². The molecule has 10 aromatic rings. The van der Waals surface area contributed by atoms with E-state index in [1.807, 2.05) is 12.3 Å². The fourth-order valence-corrected chi connectivity index (χ4v) is 7.63. The summed E-state index contributed by atoms with van der Waals surface area (Å²) < 4.78 is 0. The summed E-state index contributed by atoms with van der Waals surface area (Å²) in [6, 6.07) is 66.7. The fourth-order valence-electron chi connectivity index (χ4n) is 7.63. The van der Waals surface area contributed by atoms with Crippen LogP contribution < -0.4 is 0 Å². The van der Waals surface area contributed by atoms with Gasteiger partial charge in [0, 0.05) is 29.1 Å². The molecule has 8 aromatic carbocycles. The molecule has 0 atom stereocenters. The van der Waals surface area contributed by atoms with Crippen LogP contribution in [0.1, 0.15) is 0 Å². The molecular weight excluding hydrogens is 655 g/mol. The number of fused-ring (bicyclic) bond motifs is 4. The van der Waals surface area contributed by atoms with E-state index in [1.165, 1.54) is 49.0 Å². The highest BCUT2D eigenvalue weighted by atomic mass is 14.9. The standard InChI is InChI=1S/C51H33N3/c1-3-13-43-35(9-1)11-7-17-44(43)36-20-26-39(27-21-36)50-32-49(38-24-18-34(19-25-38)42-12-8-30-52-33-42)53-51(54-50)40-28-22-37(23-29-40)48-31-41-10-2-4-14-45(41)46-15-5-6-16-47(46)48/h1-33H.